The smallest absolute Gasteiger partial charge is 0.243 e. The molecule has 0 aliphatic carbocycles. The number of aromatic nitrogens is 1. The molecule has 0 saturated carbocycles. The van der Waals surface area contributed by atoms with Crippen LogP contribution in [-0.4, -0.2) is 53.0 Å². The summed E-state index contributed by atoms with van der Waals surface area (Å²) in [5.41, 5.74) is 2.56. The van der Waals surface area contributed by atoms with Crippen LogP contribution in [0.5, 0.6) is 0 Å². The molecule has 3 aromatic rings. The van der Waals surface area contributed by atoms with Crippen LogP contribution >= 0.6 is 0 Å². The van der Waals surface area contributed by atoms with Crippen molar-refractivity contribution in [2.24, 2.45) is 5.16 Å². The molecule has 0 amide bonds. The first kappa shape index (κ1) is 21.0. The summed E-state index contributed by atoms with van der Waals surface area (Å²) < 4.78 is 29.0. The maximum atomic E-state index is 12.9. The molecule has 0 aliphatic rings. The predicted molar refractivity (Wildman–Crippen MR) is 113 cm³/mol. The second-order valence-electron chi connectivity index (χ2n) is 6.92. The van der Waals surface area contributed by atoms with Crippen molar-refractivity contribution < 1.29 is 18.7 Å². The number of aliphatic hydroxyl groups is 1. The Kier molecular flexibility index (Phi) is 6.36. The number of aryl methyl sites for hydroxylation is 1. The van der Waals surface area contributed by atoms with E-state index >= 15 is 0 Å². The molecule has 154 valence electrons. The largest absolute Gasteiger partial charge is 0.411 e. The third-order valence-electron chi connectivity index (χ3n) is 4.85. The fourth-order valence-corrected chi connectivity index (χ4v) is 4.85. The van der Waals surface area contributed by atoms with Crippen molar-refractivity contribution in [3.63, 3.8) is 0 Å². The fourth-order valence-electron chi connectivity index (χ4n) is 3.37. The standard InChI is InChI=1S/C21H25N3O4S/c1-3-24(29(27,28)19-10-8-16(2)9-11-19)15-18(25)14-23-13-17(12-22-26)20-6-4-5-7-21(20)23/h4-13,18,25-26H,3,14-15H2,1-2H3/b22-12-/t18-/m0/s1. The van der Waals surface area contributed by atoms with E-state index in [2.05, 4.69) is 5.16 Å². The van der Waals surface area contributed by atoms with Gasteiger partial charge in [0.15, 0.2) is 0 Å². The molecule has 0 unspecified atom stereocenters. The first-order chi connectivity index (χ1) is 13.9. The van der Waals surface area contributed by atoms with Crippen LogP contribution in [0.1, 0.15) is 18.1 Å². The highest BCUT2D eigenvalue weighted by molar-refractivity contribution is 7.89. The van der Waals surface area contributed by atoms with Gasteiger partial charge in [0.2, 0.25) is 10.0 Å². The van der Waals surface area contributed by atoms with E-state index in [0.717, 1.165) is 22.0 Å². The van der Waals surface area contributed by atoms with Gasteiger partial charge in [0.05, 0.1) is 17.2 Å². The van der Waals surface area contributed by atoms with Crippen LogP contribution in [0.4, 0.5) is 0 Å². The van der Waals surface area contributed by atoms with Crippen molar-refractivity contribution in [3.05, 3.63) is 65.9 Å². The first-order valence-corrected chi connectivity index (χ1v) is 10.8. The molecule has 7 nitrogen and oxygen atoms in total. The molecule has 3 rings (SSSR count). The van der Waals surface area contributed by atoms with Crippen LogP contribution in [0.3, 0.4) is 0 Å². The van der Waals surface area contributed by atoms with Gasteiger partial charge in [-0.05, 0) is 25.1 Å². The lowest BCUT2D eigenvalue weighted by molar-refractivity contribution is 0.130. The molecular weight excluding hydrogens is 390 g/mol. The Hall–Kier alpha value is -2.68. The fraction of sp³-hybridized carbons (Fsp3) is 0.286. The number of benzene rings is 2. The Labute approximate surface area is 170 Å². The molecule has 1 atom stereocenters. The zero-order chi connectivity index (χ0) is 21.0. The lowest BCUT2D eigenvalue weighted by Gasteiger charge is -2.24. The average molecular weight is 416 g/mol. The van der Waals surface area contributed by atoms with Crippen LogP contribution in [0.15, 0.2) is 64.8 Å². The maximum Gasteiger partial charge on any atom is 0.243 e. The van der Waals surface area contributed by atoms with Crippen molar-refractivity contribution >= 4 is 27.1 Å². The lowest BCUT2D eigenvalue weighted by Crippen LogP contribution is -2.38. The molecule has 1 aromatic heterocycles. The topological polar surface area (TPSA) is 95.1 Å². The van der Waals surface area contributed by atoms with E-state index in [-0.39, 0.29) is 24.5 Å². The highest BCUT2D eigenvalue weighted by Crippen LogP contribution is 2.21. The van der Waals surface area contributed by atoms with Gasteiger partial charge < -0.3 is 14.9 Å². The third-order valence-corrected chi connectivity index (χ3v) is 6.80. The monoisotopic (exact) mass is 415 g/mol. The Bertz CT molecular complexity index is 1100. The number of aliphatic hydroxyl groups excluding tert-OH is 1. The van der Waals surface area contributed by atoms with E-state index in [1.807, 2.05) is 35.8 Å². The Morgan fingerprint density at radius 3 is 2.52 bits per heavy atom. The number of likely N-dealkylation sites (N-methyl/N-ethyl adjacent to an activating group) is 1. The molecular formula is C21H25N3O4S. The number of oxime groups is 1. The summed E-state index contributed by atoms with van der Waals surface area (Å²) in [5.74, 6) is 0. The van der Waals surface area contributed by atoms with Gasteiger partial charge in [-0.25, -0.2) is 8.42 Å². The maximum absolute atomic E-state index is 12.9. The summed E-state index contributed by atoms with van der Waals surface area (Å²) in [4.78, 5) is 0.213. The number of sulfonamides is 1. The highest BCUT2D eigenvalue weighted by Gasteiger charge is 2.25. The molecule has 0 aliphatic heterocycles. The number of hydrogen-bond acceptors (Lipinski definition) is 5. The number of fused-ring (bicyclic) bond motifs is 1. The Morgan fingerprint density at radius 2 is 1.86 bits per heavy atom. The minimum Gasteiger partial charge on any atom is -0.411 e. The van der Waals surface area contributed by atoms with Gasteiger partial charge in [0.1, 0.15) is 0 Å². The third kappa shape index (κ3) is 4.50. The van der Waals surface area contributed by atoms with Crippen LogP contribution < -0.4 is 0 Å². The first-order valence-electron chi connectivity index (χ1n) is 9.37. The molecule has 0 saturated heterocycles. The average Bonchev–Trinajstić information content (AvgIpc) is 3.04. The van der Waals surface area contributed by atoms with Crippen molar-refractivity contribution in [1.29, 1.82) is 0 Å². The van der Waals surface area contributed by atoms with Gasteiger partial charge in [-0.2, -0.15) is 4.31 Å². The second kappa shape index (κ2) is 8.77. The number of nitrogens with zero attached hydrogens (tertiary/aromatic N) is 3. The SMILES string of the molecule is CCN(C[C@@H](O)Cn1cc(/C=N\O)c2ccccc21)S(=O)(=O)c1ccc(C)cc1. The van der Waals surface area contributed by atoms with E-state index in [4.69, 9.17) is 5.21 Å². The van der Waals surface area contributed by atoms with E-state index in [9.17, 15) is 13.5 Å². The number of rotatable bonds is 8. The summed E-state index contributed by atoms with van der Waals surface area (Å²) in [7, 11) is -3.69. The van der Waals surface area contributed by atoms with Gasteiger partial charge in [-0.1, -0.05) is 48.0 Å². The summed E-state index contributed by atoms with van der Waals surface area (Å²) in [6.07, 6.45) is 2.20. The van der Waals surface area contributed by atoms with Crippen molar-refractivity contribution in [2.45, 2.75) is 31.4 Å². The minimum atomic E-state index is -3.69. The Balaban J connectivity index is 1.81. The zero-order valence-electron chi connectivity index (χ0n) is 16.4. The normalized spacial score (nSPS) is 13.5. The van der Waals surface area contributed by atoms with Gasteiger partial charge >= 0.3 is 0 Å². The molecule has 0 spiro atoms. The van der Waals surface area contributed by atoms with Crippen LogP contribution in [0.25, 0.3) is 10.9 Å². The predicted octanol–water partition coefficient (Wildman–Crippen LogP) is 2.83. The molecule has 2 N–H and O–H groups in total. The van der Waals surface area contributed by atoms with Gasteiger partial charge in [0, 0.05) is 42.3 Å². The molecule has 8 heteroatoms. The van der Waals surface area contributed by atoms with E-state index in [1.165, 1.54) is 10.5 Å². The van der Waals surface area contributed by atoms with E-state index in [0.29, 0.717) is 0 Å². The quantitative estimate of drug-likeness (QED) is 0.336. The van der Waals surface area contributed by atoms with Crippen LogP contribution in [-0.2, 0) is 16.6 Å². The van der Waals surface area contributed by atoms with Gasteiger partial charge in [-0.15, -0.1) is 0 Å². The van der Waals surface area contributed by atoms with Gasteiger partial charge in [-0.3, -0.25) is 0 Å². The molecule has 1 heterocycles. The zero-order valence-corrected chi connectivity index (χ0v) is 17.2. The molecule has 0 bridgehead atoms. The summed E-state index contributed by atoms with van der Waals surface area (Å²) in [5, 5.41) is 23.5. The number of hydrogen-bond donors (Lipinski definition) is 2. The molecule has 0 radical (unpaired) electrons. The second-order valence-corrected chi connectivity index (χ2v) is 8.86. The van der Waals surface area contributed by atoms with Crippen molar-refractivity contribution in [1.82, 2.24) is 8.87 Å². The van der Waals surface area contributed by atoms with Crippen LogP contribution in [0.2, 0.25) is 0 Å². The summed E-state index contributed by atoms with van der Waals surface area (Å²) in [6.45, 7) is 4.08. The number of para-hydroxylation sites is 1. The minimum absolute atomic E-state index is 0.0252. The highest BCUT2D eigenvalue weighted by atomic mass is 32.2. The summed E-state index contributed by atoms with van der Waals surface area (Å²) in [6, 6.07) is 14.2. The molecule has 29 heavy (non-hydrogen) atoms. The van der Waals surface area contributed by atoms with Gasteiger partial charge in [0.25, 0.3) is 0 Å². The summed E-state index contributed by atoms with van der Waals surface area (Å²) >= 11 is 0. The molecule has 2 aromatic carbocycles. The van der Waals surface area contributed by atoms with E-state index < -0.39 is 16.1 Å². The van der Waals surface area contributed by atoms with Crippen molar-refractivity contribution in [2.75, 3.05) is 13.1 Å². The Morgan fingerprint density at radius 1 is 1.17 bits per heavy atom. The van der Waals surface area contributed by atoms with Crippen molar-refractivity contribution in [3.8, 4) is 0 Å². The lowest BCUT2D eigenvalue weighted by atomic mass is 10.2. The van der Waals surface area contributed by atoms with Crippen LogP contribution in [0, 0.1) is 6.92 Å². The van der Waals surface area contributed by atoms with E-state index in [1.54, 1.807) is 37.4 Å². The molecule has 0 fully saturated rings.